The topological polar surface area (TPSA) is 113 Å². The summed E-state index contributed by atoms with van der Waals surface area (Å²) in [5.74, 6) is -3.25. The number of aromatic nitrogens is 1. The second kappa shape index (κ2) is 9.32. The molecule has 2 aromatic carbocycles. The Morgan fingerprint density at radius 3 is 2.72 bits per heavy atom. The van der Waals surface area contributed by atoms with Crippen molar-refractivity contribution in [2.75, 3.05) is 6.54 Å². The van der Waals surface area contributed by atoms with Crippen molar-refractivity contribution in [1.29, 1.82) is 0 Å². The third kappa shape index (κ3) is 4.42. The van der Waals surface area contributed by atoms with E-state index >= 15 is 0 Å². The smallest absolute Gasteiger partial charge is 0.277 e. The van der Waals surface area contributed by atoms with Gasteiger partial charge in [0.1, 0.15) is 17.4 Å². The monoisotopic (exact) mass is 513 g/mol. The highest BCUT2D eigenvalue weighted by molar-refractivity contribution is 7.89. The number of carbonyl (C=O) groups is 1. The van der Waals surface area contributed by atoms with Crippen LogP contribution in [0.15, 0.2) is 70.3 Å². The number of phenolic OH excluding ortho intramolecular Hbond substituents is 1. The molecule has 1 amide bonds. The summed E-state index contributed by atoms with van der Waals surface area (Å²) in [6.07, 6.45) is 2.29. The Balaban J connectivity index is 1.31. The molecule has 2 N–H and O–H groups in total. The number of benzene rings is 2. The lowest BCUT2D eigenvalue weighted by atomic mass is 10.1. The Bertz CT molecular complexity index is 1540. The molecule has 5 rings (SSSR count). The largest absolute Gasteiger partial charge is 0.507 e. The minimum Gasteiger partial charge on any atom is -0.507 e. The standard InChI is InChI=1S/C25H21F2N3O5S/c26-18-12-17(22(31)13-19(18)27)20-10-15(7-8-28-20)14-29-25(32)21-5-3-9-30(21)36(33,34)24-11-16-4-1-2-6-23(16)35-24/h1-2,4,6-8,10-13,21,31H,3,5,9,14H2,(H,29,32)/t21-/m0/s1. The summed E-state index contributed by atoms with van der Waals surface area (Å²) in [6, 6.07) is 12.1. The van der Waals surface area contributed by atoms with Gasteiger partial charge in [0.15, 0.2) is 11.6 Å². The van der Waals surface area contributed by atoms with Crippen molar-refractivity contribution in [3.05, 3.63) is 78.0 Å². The Hall–Kier alpha value is -3.83. The zero-order valence-corrected chi connectivity index (χ0v) is 19.6. The van der Waals surface area contributed by atoms with E-state index in [4.69, 9.17) is 4.42 Å². The fraction of sp³-hybridized carbons (Fsp3) is 0.200. The van der Waals surface area contributed by atoms with Gasteiger partial charge in [0.05, 0.1) is 5.69 Å². The third-order valence-electron chi connectivity index (χ3n) is 6.08. The molecule has 0 aliphatic carbocycles. The number of hydrogen-bond acceptors (Lipinski definition) is 6. The highest BCUT2D eigenvalue weighted by Crippen LogP contribution is 2.31. The summed E-state index contributed by atoms with van der Waals surface area (Å²) in [5, 5.41) is 13.2. The molecule has 2 aromatic heterocycles. The number of rotatable bonds is 6. The normalized spacial score (nSPS) is 16.4. The lowest BCUT2D eigenvalue weighted by Crippen LogP contribution is -2.45. The lowest BCUT2D eigenvalue weighted by molar-refractivity contribution is -0.124. The van der Waals surface area contributed by atoms with E-state index in [0.717, 1.165) is 10.4 Å². The van der Waals surface area contributed by atoms with E-state index in [0.29, 0.717) is 35.4 Å². The number of amides is 1. The van der Waals surface area contributed by atoms with Crippen LogP contribution in [0.3, 0.4) is 0 Å². The van der Waals surface area contributed by atoms with Crippen molar-refractivity contribution in [2.24, 2.45) is 0 Å². The fourth-order valence-electron chi connectivity index (χ4n) is 4.27. The first-order valence-electron chi connectivity index (χ1n) is 11.2. The minimum atomic E-state index is -4.03. The van der Waals surface area contributed by atoms with E-state index in [1.807, 2.05) is 0 Å². The molecule has 4 aromatic rings. The SMILES string of the molecule is O=C(NCc1ccnc(-c2cc(F)c(F)cc2O)c1)[C@@H]1CCCN1S(=O)(=O)c1cc2ccccc2o1. The van der Waals surface area contributed by atoms with Gasteiger partial charge in [0.25, 0.3) is 10.0 Å². The molecule has 11 heteroatoms. The van der Waals surface area contributed by atoms with Crippen molar-refractivity contribution >= 4 is 26.9 Å². The van der Waals surface area contributed by atoms with Crippen molar-refractivity contribution < 1.29 is 31.5 Å². The van der Waals surface area contributed by atoms with E-state index in [1.54, 1.807) is 30.3 Å². The van der Waals surface area contributed by atoms with Crippen LogP contribution >= 0.6 is 0 Å². The Morgan fingerprint density at radius 2 is 1.92 bits per heavy atom. The maximum Gasteiger partial charge on any atom is 0.277 e. The summed E-state index contributed by atoms with van der Waals surface area (Å²) in [7, 11) is -4.03. The number of nitrogens with zero attached hydrogens (tertiary/aromatic N) is 2. The van der Waals surface area contributed by atoms with Crippen LogP contribution in [-0.2, 0) is 21.4 Å². The van der Waals surface area contributed by atoms with Crippen LogP contribution in [0.1, 0.15) is 18.4 Å². The molecule has 1 aliphatic rings. The van der Waals surface area contributed by atoms with Gasteiger partial charge >= 0.3 is 0 Å². The highest BCUT2D eigenvalue weighted by Gasteiger charge is 2.41. The molecule has 3 heterocycles. The summed E-state index contributed by atoms with van der Waals surface area (Å²) < 4.78 is 60.2. The summed E-state index contributed by atoms with van der Waals surface area (Å²) in [6.45, 7) is 0.222. The Morgan fingerprint density at radius 1 is 1.14 bits per heavy atom. The van der Waals surface area contributed by atoms with Crippen molar-refractivity contribution in [3.8, 4) is 17.0 Å². The molecular formula is C25H21F2N3O5S. The van der Waals surface area contributed by atoms with E-state index in [2.05, 4.69) is 10.3 Å². The summed E-state index contributed by atoms with van der Waals surface area (Å²) in [5.41, 5.74) is 1.20. The van der Waals surface area contributed by atoms with Crippen LogP contribution in [0.2, 0.25) is 0 Å². The van der Waals surface area contributed by atoms with E-state index in [1.165, 1.54) is 18.3 Å². The first-order valence-corrected chi connectivity index (χ1v) is 12.6. The van der Waals surface area contributed by atoms with Gasteiger partial charge in [0, 0.05) is 42.4 Å². The number of fused-ring (bicyclic) bond motifs is 1. The minimum absolute atomic E-state index is 0.000901. The molecule has 1 saturated heterocycles. The number of para-hydroxylation sites is 1. The first-order chi connectivity index (χ1) is 17.2. The molecular weight excluding hydrogens is 492 g/mol. The second-order valence-electron chi connectivity index (χ2n) is 8.43. The van der Waals surface area contributed by atoms with Crippen LogP contribution < -0.4 is 5.32 Å². The van der Waals surface area contributed by atoms with Crippen molar-refractivity contribution in [2.45, 2.75) is 30.5 Å². The third-order valence-corrected chi connectivity index (χ3v) is 7.84. The second-order valence-corrected chi connectivity index (χ2v) is 10.2. The average molecular weight is 514 g/mol. The first kappa shape index (κ1) is 23.9. The number of nitrogens with one attached hydrogen (secondary N) is 1. The van der Waals surface area contributed by atoms with Gasteiger partial charge in [-0.05, 0) is 42.7 Å². The van der Waals surface area contributed by atoms with Gasteiger partial charge in [0.2, 0.25) is 11.0 Å². The molecule has 0 spiro atoms. The van der Waals surface area contributed by atoms with E-state index < -0.39 is 39.4 Å². The molecule has 36 heavy (non-hydrogen) atoms. The van der Waals surface area contributed by atoms with E-state index in [-0.39, 0.29) is 29.4 Å². The predicted octanol–water partition coefficient (Wildman–Crippen LogP) is 3.95. The quantitative estimate of drug-likeness (QED) is 0.404. The lowest BCUT2D eigenvalue weighted by Gasteiger charge is -2.22. The maximum atomic E-state index is 13.7. The van der Waals surface area contributed by atoms with Crippen LogP contribution in [-0.4, -0.2) is 41.3 Å². The van der Waals surface area contributed by atoms with Crippen molar-refractivity contribution in [3.63, 3.8) is 0 Å². The summed E-state index contributed by atoms with van der Waals surface area (Å²) >= 11 is 0. The number of aromatic hydroxyl groups is 1. The molecule has 0 radical (unpaired) electrons. The number of pyridine rings is 1. The highest BCUT2D eigenvalue weighted by atomic mass is 32.2. The van der Waals surface area contributed by atoms with Gasteiger partial charge in [-0.2, -0.15) is 4.31 Å². The van der Waals surface area contributed by atoms with Crippen LogP contribution in [0.4, 0.5) is 8.78 Å². The Labute approximate surface area is 205 Å². The number of hydrogen-bond donors (Lipinski definition) is 2. The number of phenols is 1. The maximum absolute atomic E-state index is 13.7. The number of sulfonamides is 1. The molecule has 186 valence electrons. The van der Waals surface area contributed by atoms with Gasteiger partial charge in [-0.25, -0.2) is 17.2 Å². The Kier molecular flexibility index (Phi) is 6.19. The van der Waals surface area contributed by atoms with Crippen LogP contribution in [0, 0.1) is 11.6 Å². The average Bonchev–Trinajstić information content (AvgIpc) is 3.53. The van der Waals surface area contributed by atoms with Gasteiger partial charge in [-0.1, -0.05) is 18.2 Å². The zero-order valence-electron chi connectivity index (χ0n) is 18.8. The fourth-order valence-corrected chi connectivity index (χ4v) is 5.88. The molecule has 1 atom stereocenters. The molecule has 0 saturated carbocycles. The molecule has 1 aliphatic heterocycles. The number of halogens is 2. The van der Waals surface area contributed by atoms with Crippen molar-refractivity contribution in [1.82, 2.24) is 14.6 Å². The summed E-state index contributed by atoms with van der Waals surface area (Å²) in [4.78, 5) is 17.1. The van der Waals surface area contributed by atoms with E-state index in [9.17, 15) is 27.1 Å². The van der Waals surface area contributed by atoms with Crippen LogP contribution in [0.25, 0.3) is 22.2 Å². The number of furan rings is 1. The zero-order chi connectivity index (χ0) is 25.4. The number of carbonyl (C=O) groups excluding carboxylic acids is 1. The molecule has 8 nitrogen and oxygen atoms in total. The van der Waals surface area contributed by atoms with Gasteiger partial charge in [-0.3, -0.25) is 9.78 Å². The van der Waals surface area contributed by atoms with Gasteiger partial charge in [-0.15, -0.1) is 0 Å². The molecule has 0 unspecified atom stereocenters. The molecule has 0 bridgehead atoms. The predicted molar refractivity (Wildman–Crippen MR) is 126 cm³/mol. The van der Waals surface area contributed by atoms with Crippen LogP contribution in [0.5, 0.6) is 5.75 Å². The van der Waals surface area contributed by atoms with Gasteiger partial charge < -0.3 is 14.8 Å². The molecule has 1 fully saturated rings.